The molecule has 0 amide bonds. The Morgan fingerprint density at radius 2 is 0.933 bits per heavy atom. The molecule has 0 bridgehead atoms. The Morgan fingerprint density at radius 1 is 0.600 bits per heavy atom. The molecular weight excluding hydrogens is 394 g/mol. The molecule has 0 unspecified atom stereocenters. The van der Waals surface area contributed by atoms with Crippen molar-refractivity contribution < 1.29 is 17.5 Å². The van der Waals surface area contributed by atoms with Gasteiger partial charge in [0.25, 0.3) is 0 Å². The average molecular weight is 443 g/mol. The maximum absolute atomic E-state index is 11.8. The zero-order valence-electron chi connectivity index (χ0n) is 19.9. The van der Waals surface area contributed by atoms with E-state index in [4.69, 9.17) is 0 Å². The van der Waals surface area contributed by atoms with Gasteiger partial charge < -0.3 is 0 Å². The zero-order chi connectivity index (χ0) is 22.6. The van der Waals surface area contributed by atoms with Crippen LogP contribution in [0.15, 0.2) is 36.8 Å². The van der Waals surface area contributed by atoms with Crippen molar-refractivity contribution in [1.82, 2.24) is 0 Å². The molecule has 0 rings (SSSR count). The lowest BCUT2D eigenvalue weighted by Gasteiger charge is -2.25. The van der Waals surface area contributed by atoms with Crippen LogP contribution in [-0.2, 0) is 10.1 Å². The third-order valence-corrected chi connectivity index (χ3v) is 5.98. The first-order valence-electron chi connectivity index (χ1n) is 12.2. The number of quaternary nitrogens is 1. The van der Waals surface area contributed by atoms with Gasteiger partial charge in [0.2, 0.25) is 5.88 Å². The second-order valence-corrected chi connectivity index (χ2v) is 9.83. The third kappa shape index (κ3) is 17.9. The van der Waals surface area contributed by atoms with Crippen molar-refractivity contribution in [2.45, 2.75) is 117 Å². The van der Waals surface area contributed by atoms with Crippen LogP contribution >= 0.6 is 0 Å². The van der Waals surface area contributed by atoms with E-state index in [1.54, 1.807) is 0 Å². The summed E-state index contributed by atoms with van der Waals surface area (Å²) in [6.45, 7) is 6.58. The Balaban J connectivity index is 5.26. The zero-order valence-corrected chi connectivity index (χ0v) is 20.7. The molecule has 0 aliphatic heterocycles. The molecule has 0 fully saturated rings. The first kappa shape index (κ1) is 29.1. The maximum Gasteiger partial charge on any atom is 0.317 e. The summed E-state index contributed by atoms with van der Waals surface area (Å²) in [6.07, 6.45) is 29.0. The van der Waals surface area contributed by atoms with Crippen LogP contribution in [0.4, 0.5) is 0 Å². The van der Waals surface area contributed by atoms with E-state index in [1.165, 1.54) is 57.8 Å². The highest BCUT2D eigenvalue weighted by atomic mass is 32.2. The normalized spacial score (nSPS) is 13.3. The maximum atomic E-state index is 11.8. The second kappa shape index (κ2) is 18.8. The fourth-order valence-corrected chi connectivity index (χ4v) is 4.26. The van der Waals surface area contributed by atoms with Crippen molar-refractivity contribution in [3.63, 3.8) is 0 Å². The molecule has 0 aromatic carbocycles. The molecule has 5 heteroatoms. The Labute approximate surface area is 187 Å². The Hall–Kier alpha value is -0.910. The van der Waals surface area contributed by atoms with Gasteiger partial charge >= 0.3 is 10.1 Å². The summed E-state index contributed by atoms with van der Waals surface area (Å²) >= 11 is 0. The molecule has 0 aromatic heterocycles. The van der Waals surface area contributed by atoms with E-state index in [9.17, 15) is 13.0 Å². The Kier molecular flexibility index (Phi) is 18.3. The van der Waals surface area contributed by atoms with Gasteiger partial charge in [0.1, 0.15) is 18.6 Å². The highest BCUT2D eigenvalue weighted by Crippen LogP contribution is 2.18. The molecule has 0 aliphatic carbocycles. The monoisotopic (exact) mass is 442 g/mol. The van der Waals surface area contributed by atoms with E-state index in [2.05, 4.69) is 39.0 Å². The molecule has 0 spiro atoms. The molecule has 176 valence electrons. The van der Waals surface area contributed by atoms with Crippen molar-refractivity contribution in [3.05, 3.63) is 36.8 Å². The largest absolute Gasteiger partial charge is 0.317 e. The van der Waals surface area contributed by atoms with Gasteiger partial charge in [0.05, 0.1) is 0 Å². The number of unbranched alkanes of at least 4 members (excludes halogenated alkanes) is 12. The van der Waals surface area contributed by atoms with Gasteiger partial charge in [0, 0.05) is 0 Å². The predicted molar refractivity (Wildman–Crippen MR) is 130 cm³/mol. The van der Waals surface area contributed by atoms with Crippen molar-refractivity contribution in [2.24, 2.45) is 0 Å². The molecule has 0 saturated carbocycles. The minimum absolute atomic E-state index is 0.0359. The predicted octanol–water partition coefficient (Wildman–Crippen LogP) is 8.10. The average Bonchev–Trinajstić information content (AvgIpc) is 2.69. The molecule has 0 aromatic rings. The molecule has 0 atom stereocenters. The number of rotatable bonds is 20. The lowest BCUT2D eigenvalue weighted by molar-refractivity contribution is -0.760. The van der Waals surface area contributed by atoms with E-state index in [-0.39, 0.29) is 10.4 Å². The van der Waals surface area contributed by atoms with Crippen molar-refractivity contribution >= 4 is 10.1 Å². The first-order valence-corrected chi connectivity index (χ1v) is 13.9. The summed E-state index contributed by atoms with van der Waals surface area (Å²) in [7, 11) is -4.12. The summed E-state index contributed by atoms with van der Waals surface area (Å²) < 4.78 is 33.3. The van der Waals surface area contributed by atoms with Crippen molar-refractivity contribution in [3.8, 4) is 0 Å². The second-order valence-electron chi connectivity index (χ2n) is 8.41. The summed E-state index contributed by atoms with van der Waals surface area (Å²) in [5, 5.41) is 0. The third-order valence-electron chi connectivity index (χ3n) is 5.21. The van der Waals surface area contributed by atoms with Gasteiger partial charge in [-0.1, -0.05) is 78.6 Å². The van der Waals surface area contributed by atoms with E-state index in [1.807, 2.05) is 18.6 Å². The van der Waals surface area contributed by atoms with Crippen LogP contribution in [0.5, 0.6) is 0 Å². The highest BCUT2D eigenvalue weighted by Gasteiger charge is 2.26. The van der Waals surface area contributed by atoms with Crippen LogP contribution in [0.1, 0.15) is 117 Å². The highest BCUT2D eigenvalue weighted by molar-refractivity contribution is 7.85. The van der Waals surface area contributed by atoms with Crippen LogP contribution in [0.25, 0.3) is 0 Å². The lowest BCUT2D eigenvalue weighted by atomic mass is 10.1. The summed E-state index contributed by atoms with van der Waals surface area (Å²) in [4.78, 5) is 0. The smallest absolute Gasteiger partial charge is 0.281 e. The van der Waals surface area contributed by atoms with Gasteiger partial charge in [-0.2, -0.15) is 8.42 Å². The quantitative estimate of drug-likeness (QED) is 0.118. The summed E-state index contributed by atoms with van der Waals surface area (Å²) in [5.41, 5.74) is 0. The fourth-order valence-electron chi connectivity index (χ4n) is 3.44. The lowest BCUT2D eigenvalue weighted by Crippen LogP contribution is -2.36. The SMILES string of the molecule is CCCCCC/C=C/[N+](/C=C/CCCCCC)(/C=C/CCCCCC)CS(=O)(=O)O. The standard InChI is InChI=1S/C25H47NO3S/c1-4-7-10-13-16-19-22-26(25-30(27,28)29,23-20-17-14-11-8-5-2)24-21-18-15-12-9-6-3/h19-24H,4-18,25H2,1-3H3/p+1/b22-19+,23-20+,24-21+. The molecule has 0 heterocycles. The van der Waals surface area contributed by atoms with Crippen molar-refractivity contribution in [1.29, 1.82) is 0 Å². The van der Waals surface area contributed by atoms with Gasteiger partial charge in [-0.25, -0.2) is 4.48 Å². The fraction of sp³-hybridized carbons (Fsp3) is 0.760. The van der Waals surface area contributed by atoms with Crippen LogP contribution in [0, 0.1) is 0 Å². The molecule has 0 radical (unpaired) electrons. The van der Waals surface area contributed by atoms with Gasteiger partial charge in [0.15, 0.2) is 0 Å². The summed E-state index contributed by atoms with van der Waals surface area (Å²) in [5.74, 6) is -0.352. The molecule has 30 heavy (non-hydrogen) atoms. The molecule has 4 nitrogen and oxygen atoms in total. The minimum Gasteiger partial charge on any atom is -0.281 e. The molecule has 0 aliphatic rings. The van der Waals surface area contributed by atoms with Gasteiger partial charge in [-0.15, -0.1) is 0 Å². The van der Waals surface area contributed by atoms with Crippen LogP contribution in [-0.4, -0.2) is 23.3 Å². The Morgan fingerprint density at radius 3 is 1.20 bits per heavy atom. The Bertz CT molecular complexity index is 524. The molecule has 0 saturated heterocycles. The van der Waals surface area contributed by atoms with Crippen LogP contribution in [0.2, 0.25) is 0 Å². The molecular formula is C25H48NO3S+. The van der Waals surface area contributed by atoms with E-state index < -0.39 is 10.1 Å². The molecule has 1 N–H and O–H groups in total. The van der Waals surface area contributed by atoms with Gasteiger partial charge in [-0.3, -0.25) is 4.55 Å². The van der Waals surface area contributed by atoms with Crippen LogP contribution in [0.3, 0.4) is 0 Å². The van der Waals surface area contributed by atoms with Crippen LogP contribution < -0.4 is 0 Å². The number of allylic oxidation sites excluding steroid dienone is 3. The van der Waals surface area contributed by atoms with E-state index in [0.29, 0.717) is 0 Å². The van der Waals surface area contributed by atoms with Crippen molar-refractivity contribution in [2.75, 3.05) is 5.88 Å². The minimum atomic E-state index is -4.12. The number of hydrogen-bond acceptors (Lipinski definition) is 2. The van der Waals surface area contributed by atoms with E-state index in [0.717, 1.165) is 38.5 Å². The summed E-state index contributed by atoms with van der Waals surface area (Å²) in [6, 6.07) is 0. The van der Waals surface area contributed by atoms with E-state index >= 15 is 0 Å². The van der Waals surface area contributed by atoms with Gasteiger partial charge in [-0.05, 0) is 56.8 Å². The number of nitrogens with zero attached hydrogens (tertiary/aromatic N) is 1. The topological polar surface area (TPSA) is 54.4 Å². The first-order chi connectivity index (χ1) is 14.4. The number of hydrogen-bond donors (Lipinski definition) is 1.